The molecule has 6 nitrogen and oxygen atoms in total. The van der Waals surface area contributed by atoms with E-state index in [1.54, 1.807) is 36.4 Å². The van der Waals surface area contributed by atoms with Crippen molar-refractivity contribution in [3.8, 4) is 5.75 Å². The Morgan fingerprint density at radius 3 is 2.51 bits per heavy atom. The van der Waals surface area contributed by atoms with Gasteiger partial charge >= 0.3 is 0 Å². The molecule has 0 aromatic heterocycles. The van der Waals surface area contributed by atoms with Crippen molar-refractivity contribution in [3.05, 3.63) is 95.3 Å². The van der Waals surface area contributed by atoms with E-state index in [2.05, 4.69) is 46.7 Å². The van der Waals surface area contributed by atoms with Crippen LogP contribution in [0.2, 0.25) is 0 Å². The van der Waals surface area contributed by atoms with Crippen molar-refractivity contribution < 1.29 is 18.7 Å². The number of anilines is 1. The molecule has 0 bridgehead atoms. The van der Waals surface area contributed by atoms with Crippen LogP contribution in [0.1, 0.15) is 34.8 Å². The first-order valence-electron chi connectivity index (χ1n) is 11.9. The topological polar surface area (TPSA) is 70.7 Å². The highest BCUT2D eigenvalue weighted by molar-refractivity contribution is 5.97. The fourth-order valence-electron chi connectivity index (χ4n) is 4.34. The first-order chi connectivity index (χ1) is 17.0. The second-order valence-corrected chi connectivity index (χ2v) is 8.57. The van der Waals surface area contributed by atoms with Gasteiger partial charge in [0.2, 0.25) is 0 Å². The average Bonchev–Trinajstić information content (AvgIpc) is 2.89. The van der Waals surface area contributed by atoms with Gasteiger partial charge in [0.1, 0.15) is 11.6 Å². The Morgan fingerprint density at radius 2 is 1.71 bits per heavy atom. The molecule has 1 unspecified atom stereocenters. The van der Waals surface area contributed by atoms with Crippen LogP contribution >= 0.6 is 0 Å². The van der Waals surface area contributed by atoms with Crippen molar-refractivity contribution in [2.75, 3.05) is 25.0 Å². The summed E-state index contributed by atoms with van der Waals surface area (Å²) in [4.78, 5) is 27.6. The molecule has 182 valence electrons. The van der Waals surface area contributed by atoms with Crippen molar-refractivity contribution in [1.82, 2.24) is 10.2 Å². The molecule has 0 saturated heterocycles. The van der Waals surface area contributed by atoms with E-state index in [1.807, 2.05) is 0 Å². The predicted octanol–water partition coefficient (Wildman–Crippen LogP) is 4.41. The summed E-state index contributed by atoms with van der Waals surface area (Å²) in [6.45, 7) is 4.13. The van der Waals surface area contributed by atoms with Gasteiger partial charge in [0.15, 0.2) is 6.61 Å². The van der Waals surface area contributed by atoms with Crippen LogP contribution in [0, 0.1) is 5.82 Å². The van der Waals surface area contributed by atoms with Gasteiger partial charge in [0, 0.05) is 25.7 Å². The van der Waals surface area contributed by atoms with E-state index >= 15 is 0 Å². The molecule has 1 atom stereocenters. The van der Waals surface area contributed by atoms with Crippen LogP contribution in [0.25, 0.3) is 0 Å². The molecular weight excluding hydrogens is 445 g/mol. The summed E-state index contributed by atoms with van der Waals surface area (Å²) < 4.78 is 19.4. The number of hydrogen-bond acceptors (Lipinski definition) is 4. The number of halogens is 1. The number of rotatable bonds is 9. The quantitative estimate of drug-likeness (QED) is 0.481. The first-order valence-corrected chi connectivity index (χ1v) is 11.9. The fraction of sp³-hybridized carbons (Fsp3) is 0.286. The average molecular weight is 476 g/mol. The number of amides is 2. The maximum atomic E-state index is 13.8. The van der Waals surface area contributed by atoms with Crippen molar-refractivity contribution in [3.63, 3.8) is 0 Å². The number of carbonyl (C=O) groups is 2. The third kappa shape index (κ3) is 6.25. The van der Waals surface area contributed by atoms with Crippen LogP contribution < -0.4 is 15.4 Å². The largest absolute Gasteiger partial charge is 0.483 e. The Morgan fingerprint density at radius 1 is 1.00 bits per heavy atom. The van der Waals surface area contributed by atoms with E-state index in [0.29, 0.717) is 17.9 Å². The standard InChI is InChI=1S/C28H30FN3O3/c1-2-22(32-16-15-20-9-3-4-10-21(20)18-32)17-30-28(34)23-11-5-8-14-26(23)35-19-27(33)31-25-13-7-6-12-24(25)29/h3-14,22H,2,15-19H2,1H3,(H,30,34)(H,31,33). The van der Waals surface area contributed by atoms with Crippen LogP contribution in [-0.2, 0) is 17.8 Å². The number of fused-ring (bicyclic) bond motifs is 1. The van der Waals surface area contributed by atoms with Crippen LogP contribution in [0.15, 0.2) is 72.8 Å². The smallest absolute Gasteiger partial charge is 0.262 e. The molecule has 35 heavy (non-hydrogen) atoms. The van der Waals surface area contributed by atoms with Crippen LogP contribution in [0.3, 0.4) is 0 Å². The zero-order valence-corrected chi connectivity index (χ0v) is 19.8. The Hall–Kier alpha value is -3.71. The summed E-state index contributed by atoms with van der Waals surface area (Å²) in [5.74, 6) is -0.996. The zero-order valence-electron chi connectivity index (χ0n) is 19.8. The third-order valence-corrected chi connectivity index (χ3v) is 6.28. The molecule has 7 heteroatoms. The second-order valence-electron chi connectivity index (χ2n) is 8.57. The van der Waals surface area contributed by atoms with Gasteiger partial charge in [0.05, 0.1) is 11.3 Å². The van der Waals surface area contributed by atoms with Gasteiger partial charge in [-0.25, -0.2) is 4.39 Å². The van der Waals surface area contributed by atoms with Crippen molar-refractivity contribution >= 4 is 17.5 Å². The summed E-state index contributed by atoms with van der Waals surface area (Å²) >= 11 is 0. The van der Waals surface area contributed by atoms with Crippen LogP contribution in [-0.4, -0.2) is 42.5 Å². The molecule has 0 aliphatic carbocycles. The minimum Gasteiger partial charge on any atom is -0.483 e. The Kier molecular flexibility index (Phi) is 8.11. The number of nitrogens with one attached hydrogen (secondary N) is 2. The van der Waals surface area contributed by atoms with Gasteiger partial charge in [-0.2, -0.15) is 0 Å². The highest BCUT2D eigenvalue weighted by Crippen LogP contribution is 2.22. The molecule has 2 amide bonds. The lowest BCUT2D eigenvalue weighted by Gasteiger charge is -2.35. The van der Waals surface area contributed by atoms with Gasteiger partial charge in [-0.05, 0) is 48.2 Å². The summed E-state index contributed by atoms with van der Waals surface area (Å²) in [6, 6.07) is 21.4. The van der Waals surface area contributed by atoms with Crippen LogP contribution in [0.5, 0.6) is 5.75 Å². The van der Waals surface area contributed by atoms with E-state index in [9.17, 15) is 14.0 Å². The number of carbonyl (C=O) groups excluding carboxylic acids is 2. The van der Waals surface area contributed by atoms with E-state index in [1.165, 1.54) is 23.3 Å². The number of nitrogens with zero attached hydrogens (tertiary/aromatic N) is 1. The maximum absolute atomic E-state index is 13.8. The maximum Gasteiger partial charge on any atom is 0.262 e. The predicted molar refractivity (Wildman–Crippen MR) is 134 cm³/mol. The van der Waals surface area contributed by atoms with E-state index in [0.717, 1.165) is 25.9 Å². The van der Waals surface area contributed by atoms with Crippen molar-refractivity contribution in [2.24, 2.45) is 0 Å². The molecule has 3 aromatic carbocycles. The molecule has 4 rings (SSSR count). The number of para-hydroxylation sites is 2. The molecule has 0 fully saturated rings. The highest BCUT2D eigenvalue weighted by Gasteiger charge is 2.23. The summed E-state index contributed by atoms with van der Waals surface area (Å²) in [5, 5.41) is 5.51. The summed E-state index contributed by atoms with van der Waals surface area (Å²) in [7, 11) is 0. The number of hydrogen-bond donors (Lipinski definition) is 2. The lowest BCUT2D eigenvalue weighted by atomic mass is 9.98. The SMILES string of the molecule is CCC(CNC(=O)c1ccccc1OCC(=O)Nc1ccccc1F)N1CCc2ccccc2C1. The molecule has 1 heterocycles. The van der Waals surface area contributed by atoms with Gasteiger partial charge in [0.25, 0.3) is 11.8 Å². The van der Waals surface area contributed by atoms with Gasteiger partial charge < -0.3 is 15.4 Å². The molecule has 0 saturated carbocycles. The normalized spacial score (nSPS) is 14.0. The summed E-state index contributed by atoms with van der Waals surface area (Å²) in [6.07, 6.45) is 1.92. The van der Waals surface area contributed by atoms with Crippen molar-refractivity contribution in [1.29, 1.82) is 0 Å². The molecule has 2 N–H and O–H groups in total. The minimum atomic E-state index is -0.525. The number of ether oxygens (including phenoxy) is 1. The van der Waals surface area contributed by atoms with Gasteiger partial charge in [-0.15, -0.1) is 0 Å². The summed E-state index contributed by atoms with van der Waals surface area (Å²) in [5.41, 5.74) is 3.17. The lowest BCUT2D eigenvalue weighted by Crippen LogP contribution is -2.45. The van der Waals surface area contributed by atoms with E-state index in [-0.39, 0.29) is 24.2 Å². The highest BCUT2D eigenvalue weighted by atomic mass is 19.1. The lowest BCUT2D eigenvalue weighted by molar-refractivity contribution is -0.118. The molecule has 0 spiro atoms. The third-order valence-electron chi connectivity index (χ3n) is 6.28. The number of benzene rings is 3. The monoisotopic (exact) mass is 475 g/mol. The second kappa shape index (κ2) is 11.6. The van der Waals surface area contributed by atoms with Crippen molar-refractivity contribution in [2.45, 2.75) is 32.4 Å². The molecule has 1 aliphatic rings. The molecule has 1 aliphatic heterocycles. The zero-order chi connectivity index (χ0) is 24.6. The van der Waals surface area contributed by atoms with Gasteiger partial charge in [-0.1, -0.05) is 55.5 Å². The first kappa shape index (κ1) is 24.4. The van der Waals surface area contributed by atoms with Crippen LogP contribution in [0.4, 0.5) is 10.1 Å². The Bertz CT molecular complexity index is 1180. The molecule has 3 aromatic rings. The molecule has 0 radical (unpaired) electrons. The fourth-order valence-corrected chi connectivity index (χ4v) is 4.34. The van der Waals surface area contributed by atoms with E-state index < -0.39 is 11.7 Å². The van der Waals surface area contributed by atoms with Gasteiger partial charge in [-0.3, -0.25) is 14.5 Å². The molecular formula is C28H30FN3O3. The van der Waals surface area contributed by atoms with E-state index in [4.69, 9.17) is 4.74 Å². The Balaban J connectivity index is 1.33. The minimum absolute atomic E-state index is 0.0815. The Labute approximate surface area is 205 Å².